The fraction of sp³-hybridized carbons (Fsp3) is 0.478. The molecule has 30 heavy (non-hydrogen) atoms. The van der Waals surface area contributed by atoms with Crippen molar-refractivity contribution in [2.24, 2.45) is 5.92 Å². The van der Waals surface area contributed by atoms with Gasteiger partial charge in [-0.05, 0) is 55.3 Å². The van der Waals surface area contributed by atoms with Gasteiger partial charge in [0.05, 0.1) is 13.0 Å². The van der Waals surface area contributed by atoms with Gasteiger partial charge in [0.1, 0.15) is 18.5 Å². The number of likely N-dealkylation sites (tertiary alicyclic amines) is 1. The standard InChI is InChI=1S/C23H31N3O4/c1-29-23(28)20-8-11-26(12-9-20)16-21(27)17-30-22-6-4-18(5-7-22)13-25-15-19-3-2-10-24-14-19/h2-7,10,14,20-21,25,27H,8-9,11-13,15-17H2,1H3. The molecule has 0 bridgehead atoms. The summed E-state index contributed by atoms with van der Waals surface area (Å²) in [6.45, 7) is 3.91. The summed E-state index contributed by atoms with van der Waals surface area (Å²) < 4.78 is 10.5. The van der Waals surface area contributed by atoms with Crippen LogP contribution in [0.3, 0.4) is 0 Å². The second-order valence-electron chi connectivity index (χ2n) is 7.67. The number of benzene rings is 1. The minimum Gasteiger partial charge on any atom is -0.491 e. The molecule has 1 saturated heterocycles. The summed E-state index contributed by atoms with van der Waals surface area (Å²) in [5, 5.41) is 13.7. The number of ether oxygens (including phenoxy) is 2. The van der Waals surface area contributed by atoms with Crippen molar-refractivity contribution < 1.29 is 19.4 Å². The van der Waals surface area contributed by atoms with Crippen LogP contribution in [0, 0.1) is 5.92 Å². The molecule has 2 heterocycles. The summed E-state index contributed by atoms with van der Waals surface area (Å²) >= 11 is 0. The topological polar surface area (TPSA) is 83.9 Å². The van der Waals surface area contributed by atoms with Crippen LogP contribution in [0.25, 0.3) is 0 Å². The maximum atomic E-state index is 11.6. The molecule has 1 aliphatic heterocycles. The van der Waals surface area contributed by atoms with Crippen LogP contribution in [0.15, 0.2) is 48.8 Å². The smallest absolute Gasteiger partial charge is 0.308 e. The Hall–Kier alpha value is -2.48. The molecule has 2 N–H and O–H groups in total. The van der Waals surface area contributed by atoms with E-state index < -0.39 is 6.10 Å². The van der Waals surface area contributed by atoms with Gasteiger partial charge in [-0.25, -0.2) is 0 Å². The van der Waals surface area contributed by atoms with E-state index in [9.17, 15) is 9.90 Å². The highest BCUT2D eigenvalue weighted by atomic mass is 16.5. The molecular weight excluding hydrogens is 382 g/mol. The van der Waals surface area contributed by atoms with Crippen LogP contribution in [-0.4, -0.2) is 60.4 Å². The molecule has 1 aliphatic rings. The summed E-state index contributed by atoms with van der Waals surface area (Å²) in [4.78, 5) is 17.9. The van der Waals surface area contributed by atoms with E-state index in [1.165, 1.54) is 12.7 Å². The van der Waals surface area contributed by atoms with E-state index in [-0.39, 0.29) is 18.5 Å². The Labute approximate surface area is 178 Å². The molecule has 1 aromatic heterocycles. The third-order valence-electron chi connectivity index (χ3n) is 5.34. The number of pyridine rings is 1. The van der Waals surface area contributed by atoms with Crippen LogP contribution >= 0.6 is 0 Å². The summed E-state index contributed by atoms with van der Waals surface area (Å²) in [6.07, 6.45) is 4.61. The van der Waals surface area contributed by atoms with Crippen molar-refractivity contribution in [3.8, 4) is 5.75 Å². The Morgan fingerprint density at radius 2 is 1.93 bits per heavy atom. The number of hydrogen-bond acceptors (Lipinski definition) is 7. The van der Waals surface area contributed by atoms with E-state index in [0.717, 1.165) is 50.3 Å². The van der Waals surface area contributed by atoms with E-state index in [1.54, 1.807) is 6.20 Å². The SMILES string of the molecule is COC(=O)C1CCN(CC(O)COc2ccc(CNCc3cccnc3)cc2)CC1. The number of aliphatic hydroxyl groups excluding tert-OH is 1. The van der Waals surface area contributed by atoms with Crippen LogP contribution < -0.4 is 10.1 Å². The van der Waals surface area contributed by atoms with E-state index in [2.05, 4.69) is 15.2 Å². The maximum absolute atomic E-state index is 11.6. The molecule has 1 fully saturated rings. The van der Waals surface area contributed by atoms with E-state index in [1.807, 2.05) is 42.6 Å². The lowest BCUT2D eigenvalue weighted by Crippen LogP contribution is -2.42. The van der Waals surface area contributed by atoms with Crippen LogP contribution in [0.1, 0.15) is 24.0 Å². The second-order valence-corrected chi connectivity index (χ2v) is 7.67. The molecule has 0 saturated carbocycles. The Bertz CT molecular complexity index is 762. The van der Waals surface area contributed by atoms with Crippen LogP contribution in [0.2, 0.25) is 0 Å². The minimum atomic E-state index is -0.569. The van der Waals surface area contributed by atoms with Gasteiger partial charge < -0.3 is 24.8 Å². The Kier molecular flexibility index (Phi) is 8.62. The molecule has 0 amide bonds. The number of esters is 1. The fourth-order valence-electron chi connectivity index (χ4n) is 3.62. The van der Waals surface area contributed by atoms with Crippen LogP contribution in [-0.2, 0) is 22.6 Å². The second kappa shape index (κ2) is 11.6. The summed E-state index contributed by atoms with van der Waals surface area (Å²) in [5.41, 5.74) is 2.32. The highest BCUT2D eigenvalue weighted by Gasteiger charge is 2.26. The first-order valence-electron chi connectivity index (χ1n) is 10.4. The van der Waals surface area contributed by atoms with Crippen molar-refractivity contribution in [3.05, 3.63) is 59.9 Å². The zero-order valence-electron chi connectivity index (χ0n) is 17.5. The van der Waals surface area contributed by atoms with Crippen molar-refractivity contribution in [3.63, 3.8) is 0 Å². The zero-order chi connectivity index (χ0) is 21.2. The van der Waals surface area contributed by atoms with Gasteiger partial charge in [-0.3, -0.25) is 9.78 Å². The Morgan fingerprint density at radius 3 is 2.60 bits per heavy atom. The molecule has 1 aromatic carbocycles. The monoisotopic (exact) mass is 413 g/mol. The number of carbonyl (C=O) groups is 1. The molecule has 2 aromatic rings. The van der Waals surface area contributed by atoms with Crippen molar-refractivity contribution in [2.45, 2.75) is 32.0 Å². The average Bonchev–Trinajstić information content (AvgIpc) is 2.79. The third-order valence-corrected chi connectivity index (χ3v) is 5.34. The molecule has 1 atom stereocenters. The minimum absolute atomic E-state index is 0.0167. The van der Waals surface area contributed by atoms with Gasteiger partial charge in [-0.2, -0.15) is 0 Å². The molecular formula is C23H31N3O4. The number of carbonyl (C=O) groups excluding carboxylic acids is 1. The van der Waals surface area contributed by atoms with Gasteiger partial charge in [-0.15, -0.1) is 0 Å². The van der Waals surface area contributed by atoms with Gasteiger partial charge in [0.2, 0.25) is 0 Å². The number of nitrogens with zero attached hydrogens (tertiary/aromatic N) is 2. The Balaban J connectivity index is 1.33. The first-order chi connectivity index (χ1) is 14.6. The van der Waals surface area contributed by atoms with E-state index in [4.69, 9.17) is 9.47 Å². The predicted molar refractivity (Wildman–Crippen MR) is 114 cm³/mol. The average molecular weight is 414 g/mol. The third kappa shape index (κ3) is 7.09. The predicted octanol–water partition coefficient (Wildman–Crippen LogP) is 2.00. The molecule has 0 aliphatic carbocycles. The van der Waals surface area contributed by atoms with E-state index in [0.29, 0.717) is 6.54 Å². The first kappa shape index (κ1) is 22.2. The van der Waals surface area contributed by atoms with Crippen molar-refractivity contribution >= 4 is 5.97 Å². The summed E-state index contributed by atoms with van der Waals surface area (Å²) in [6, 6.07) is 11.9. The number of hydrogen-bond donors (Lipinski definition) is 2. The number of aromatic nitrogens is 1. The van der Waals surface area contributed by atoms with Crippen molar-refractivity contribution in [1.82, 2.24) is 15.2 Å². The highest BCUT2D eigenvalue weighted by molar-refractivity contribution is 5.72. The maximum Gasteiger partial charge on any atom is 0.308 e. The quantitative estimate of drug-likeness (QED) is 0.577. The lowest BCUT2D eigenvalue weighted by Gasteiger charge is -2.31. The Morgan fingerprint density at radius 1 is 1.20 bits per heavy atom. The molecule has 0 spiro atoms. The first-order valence-corrected chi connectivity index (χ1v) is 10.4. The van der Waals surface area contributed by atoms with Gasteiger partial charge in [0, 0.05) is 32.0 Å². The van der Waals surface area contributed by atoms with Gasteiger partial charge in [-0.1, -0.05) is 18.2 Å². The summed E-state index contributed by atoms with van der Waals surface area (Å²) in [7, 11) is 1.43. The number of nitrogens with one attached hydrogen (secondary N) is 1. The van der Waals surface area contributed by atoms with Crippen LogP contribution in [0.5, 0.6) is 5.75 Å². The molecule has 7 nitrogen and oxygen atoms in total. The van der Waals surface area contributed by atoms with E-state index >= 15 is 0 Å². The number of piperidine rings is 1. The molecule has 7 heteroatoms. The summed E-state index contributed by atoms with van der Waals surface area (Å²) in [5.74, 6) is 0.598. The zero-order valence-corrected chi connectivity index (χ0v) is 17.5. The van der Waals surface area contributed by atoms with Gasteiger partial charge in [0.15, 0.2) is 0 Å². The number of aliphatic hydroxyl groups is 1. The highest BCUT2D eigenvalue weighted by Crippen LogP contribution is 2.19. The fourth-order valence-corrected chi connectivity index (χ4v) is 3.62. The van der Waals surface area contributed by atoms with Crippen molar-refractivity contribution in [2.75, 3.05) is 33.4 Å². The van der Waals surface area contributed by atoms with Crippen molar-refractivity contribution in [1.29, 1.82) is 0 Å². The lowest BCUT2D eigenvalue weighted by molar-refractivity contribution is -0.147. The van der Waals surface area contributed by atoms with Gasteiger partial charge >= 0.3 is 5.97 Å². The molecule has 162 valence electrons. The number of rotatable bonds is 10. The number of β-amino-alcohol motifs (C(OH)–C–C–N with tert-alkyl or cyclic N) is 1. The number of methoxy groups -OCH3 is 1. The molecule has 0 radical (unpaired) electrons. The van der Waals surface area contributed by atoms with Gasteiger partial charge in [0.25, 0.3) is 0 Å². The lowest BCUT2D eigenvalue weighted by atomic mass is 9.97. The molecule has 1 unspecified atom stereocenters. The van der Waals surface area contributed by atoms with Crippen LogP contribution in [0.4, 0.5) is 0 Å². The normalized spacial score (nSPS) is 16.2. The molecule has 3 rings (SSSR count). The largest absolute Gasteiger partial charge is 0.491 e.